The van der Waals surface area contributed by atoms with Gasteiger partial charge in [-0.05, 0) is 98.6 Å². The Balaban J connectivity index is 3.27. The molecule has 18 heavy (non-hydrogen) atoms. The average Bonchev–Trinajstić information content (AvgIpc) is 2.33. The predicted octanol–water partition coefficient (Wildman–Crippen LogP) is 6.07. The van der Waals surface area contributed by atoms with Gasteiger partial charge >= 0.3 is 5.97 Å². The molecule has 7 heteroatoms. The van der Waals surface area contributed by atoms with E-state index >= 15 is 0 Å². The molecule has 0 saturated heterocycles. The van der Waals surface area contributed by atoms with Gasteiger partial charge in [-0.2, -0.15) is 0 Å². The van der Waals surface area contributed by atoms with Crippen LogP contribution in [0.25, 0.3) is 0 Å². The van der Waals surface area contributed by atoms with Gasteiger partial charge < -0.3 is 5.11 Å². The van der Waals surface area contributed by atoms with Crippen LogP contribution in [-0.4, -0.2) is 11.1 Å². The van der Waals surface area contributed by atoms with E-state index in [-0.39, 0.29) is 0 Å². The maximum Gasteiger partial charge on any atom is 0.330 e. The van der Waals surface area contributed by atoms with Crippen molar-refractivity contribution in [1.82, 2.24) is 0 Å². The maximum absolute atomic E-state index is 10.8. The molecule has 0 bridgehead atoms. The van der Waals surface area contributed by atoms with E-state index in [2.05, 4.69) is 79.6 Å². The Hall–Kier alpha value is 0.830. The number of halogens is 5. The molecular formula is C11H7Br5O2. The first-order valence-electron chi connectivity index (χ1n) is 4.67. The number of benzene rings is 1. The molecule has 0 aromatic heterocycles. The van der Waals surface area contributed by atoms with Crippen LogP contribution in [0.15, 0.2) is 34.0 Å². The number of aliphatic carboxylic acids is 1. The molecule has 0 aliphatic heterocycles. The van der Waals surface area contributed by atoms with Crippen LogP contribution in [0.3, 0.4) is 0 Å². The van der Waals surface area contributed by atoms with Crippen LogP contribution in [0.2, 0.25) is 0 Å². The summed E-state index contributed by atoms with van der Waals surface area (Å²) in [5.74, 6) is -0.905. The van der Waals surface area contributed by atoms with Crippen LogP contribution in [0, 0.1) is 0 Å². The van der Waals surface area contributed by atoms with E-state index < -0.39 is 5.97 Å². The average molecular weight is 571 g/mol. The molecule has 0 atom stereocenters. The summed E-state index contributed by atoms with van der Waals surface area (Å²) in [4.78, 5) is 10.8. The Morgan fingerprint density at radius 3 is 1.78 bits per heavy atom. The van der Waals surface area contributed by atoms with E-state index in [1.807, 2.05) is 0 Å². The normalized spacial score (nSPS) is 11.8. The van der Waals surface area contributed by atoms with Gasteiger partial charge in [-0.1, -0.05) is 6.08 Å². The van der Waals surface area contributed by atoms with Gasteiger partial charge in [0.15, 0.2) is 0 Å². The van der Waals surface area contributed by atoms with Crippen LogP contribution < -0.4 is 0 Å². The molecular weight excluding hydrogens is 564 g/mol. The van der Waals surface area contributed by atoms with Gasteiger partial charge in [0.2, 0.25) is 0 Å². The SMILES string of the molecule is CC(=CCc1c(Br)c(Br)c(Br)c(Br)c1Br)C(=O)O. The van der Waals surface area contributed by atoms with Crippen LogP contribution in [-0.2, 0) is 11.2 Å². The molecule has 1 aromatic rings. The molecule has 0 aliphatic rings. The lowest BCUT2D eigenvalue weighted by Gasteiger charge is -2.12. The Morgan fingerprint density at radius 1 is 1.00 bits per heavy atom. The van der Waals surface area contributed by atoms with Crippen molar-refractivity contribution in [1.29, 1.82) is 0 Å². The highest BCUT2D eigenvalue weighted by atomic mass is 79.9. The van der Waals surface area contributed by atoms with Gasteiger partial charge in [0.05, 0.1) is 0 Å². The molecule has 1 N–H and O–H groups in total. The maximum atomic E-state index is 10.8. The standard InChI is InChI=1S/C11H7Br5O2/c1-4(11(17)18)2-3-5-6(12)8(14)10(16)9(15)7(5)13/h2H,3H2,1H3,(H,17,18). The third-order valence-corrected chi connectivity index (χ3v) is 8.51. The van der Waals surface area contributed by atoms with Crippen molar-refractivity contribution in [2.45, 2.75) is 13.3 Å². The summed E-state index contributed by atoms with van der Waals surface area (Å²) < 4.78 is 4.43. The largest absolute Gasteiger partial charge is 0.478 e. The zero-order valence-corrected chi connectivity index (χ0v) is 17.0. The van der Waals surface area contributed by atoms with E-state index in [0.717, 1.165) is 27.9 Å². The third kappa shape index (κ3) is 3.69. The second-order valence-corrected chi connectivity index (χ2v) is 7.41. The summed E-state index contributed by atoms with van der Waals surface area (Å²) in [6, 6.07) is 0. The number of hydrogen-bond donors (Lipinski definition) is 1. The topological polar surface area (TPSA) is 37.3 Å². The van der Waals surface area contributed by atoms with E-state index in [0.29, 0.717) is 12.0 Å². The first-order valence-corrected chi connectivity index (χ1v) is 8.64. The van der Waals surface area contributed by atoms with Crippen LogP contribution in [0.1, 0.15) is 12.5 Å². The van der Waals surface area contributed by atoms with Crippen LogP contribution >= 0.6 is 79.6 Å². The molecule has 0 amide bonds. The minimum absolute atomic E-state index is 0.323. The molecule has 0 radical (unpaired) electrons. The molecule has 98 valence electrons. The van der Waals surface area contributed by atoms with Crippen molar-refractivity contribution < 1.29 is 9.90 Å². The van der Waals surface area contributed by atoms with Gasteiger partial charge in [-0.3, -0.25) is 0 Å². The minimum atomic E-state index is -0.905. The van der Waals surface area contributed by atoms with E-state index in [1.54, 1.807) is 13.0 Å². The number of carboxylic acid groups (broad SMARTS) is 1. The summed E-state index contributed by atoms with van der Waals surface area (Å²) in [6.07, 6.45) is 2.20. The highest BCUT2D eigenvalue weighted by Crippen LogP contribution is 2.44. The van der Waals surface area contributed by atoms with E-state index in [4.69, 9.17) is 5.11 Å². The smallest absolute Gasteiger partial charge is 0.330 e. The van der Waals surface area contributed by atoms with E-state index in [1.165, 1.54) is 0 Å². The Kier molecular flexibility index (Phi) is 6.58. The van der Waals surface area contributed by atoms with Crippen molar-refractivity contribution in [3.8, 4) is 0 Å². The summed E-state index contributed by atoms with van der Waals surface area (Å²) in [5.41, 5.74) is 1.29. The lowest BCUT2D eigenvalue weighted by atomic mass is 10.1. The van der Waals surface area contributed by atoms with Gasteiger partial charge in [0.25, 0.3) is 0 Å². The lowest BCUT2D eigenvalue weighted by molar-refractivity contribution is -0.132. The van der Waals surface area contributed by atoms with Crippen molar-refractivity contribution in [3.05, 3.63) is 39.6 Å². The van der Waals surface area contributed by atoms with E-state index in [9.17, 15) is 4.79 Å². The molecule has 0 heterocycles. The number of hydrogen-bond acceptors (Lipinski definition) is 1. The summed E-state index contributed by atoms with van der Waals surface area (Å²) in [6.45, 7) is 1.58. The highest BCUT2D eigenvalue weighted by molar-refractivity contribution is 9.15. The van der Waals surface area contributed by atoms with Gasteiger partial charge in [0, 0.05) is 27.9 Å². The molecule has 0 aliphatic carbocycles. The fourth-order valence-electron chi connectivity index (χ4n) is 1.17. The fourth-order valence-corrected chi connectivity index (χ4v) is 4.62. The molecule has 0 spiro atoms. The Labute approximate surface area is 147 Å². The quantitative estimate of drug-likeness (QED) is 0.272. The Morgan fingerprint density at radius 2 is 1.39 bits per heavy atom. The second-order valence-electron chi connectivity index (χ2n) is 3.44. The molecule has 2 nitrogen and oxygen atoms in total. The summed E-state index contributed by atoms with van der Waals surface area (Å²) in [7, 11) is 0. The molecule has 0 unspecified atom stereocenters. The summed E-state index contributed by atoms with van der Waals surface area (Å²) in [5, 5.41) is 8.83. The number of allylic oxidation sites excluding steroid dienone is 1. The molecule has 0 fully saturated rings. The molecule has 1 rings (SSSR count). The number of carbonyl (C=O) groups is 1. The highest BCUT2D eigenvalue weighted by Gasteiger charge is 2.16. The van der Waals surface area contributed by atoms with Gasteiger partial charge in [0.1, 0.15) is 0 Å². The zero-order chi connectivity index (χ0) is 14.0. The predicted molar refractivity (Wildman–Crippen MR) is 90.0 cm³/mol. The Bertz CT molecular complexity index is 508. The van der Waals surface area contributed by atoms with Crippen LogP contribution in [0.5, 0.6) is 0 Å². The van der Waals surface area contributed by atoms with Gasteiger partial charge in [-0.15, -0.1) is 0 Å². The summed E-state index contributed by atoms with van der Waals surface area (Å²) >= 11 is 17.4. The zero-order valence-electron chi connectivity index (χ0n) is 9.03. The van der Waals surface area contributed by atoms with Crippen molar-refractivity contribution in [2.24, 2.45) is 0 Å². The lowest BCUT2D eigenvalue weighted by Crippen LogP contribution is -1.98. The third-order valence-electron chi connectivity index (χ3n) is 2.25. The minimum Gasteiger partial charge on any atom is -0.478 e. The van der Waals surface area contributed by atoms with Crippen LogP contribution in [0.4, 0.5) is 0 Å². The molecule has 1 aromatic carbocycles. The second kappa shape index (κ2) is 7.02. The van der Waals surface area contributed by atoms with Crippen molar-refractivity contribution in [2.75, 3.05) is 0 Å². The first-order chi connectivity index (χ1) is 8.27. The first kappa shape index (κ1) is 16.9. The monoisotopic (exact) mass is 566 g/mol. The molecule has 0 saturated carbocycles. The van der Waals surface area contributed by atoms with Crippen molar-refractivity contribution >= 4 is 85.6 Å². The fraction of sp³-hybridized carbons (Fsp3) is 0.182. The number of rotatable bonds is 3. The number of carboxylic acids is 1. The van der Waals surface area contributed by atoms with Gasteiger partial charge in [-0.25, -0.2) is 4.79 Å². The van der Waals surface area contributed by atoms with Crippen molar-refractivity contribution in [3.63, 3.8) is 0 Å².